The molecule has 5 aromatic carbocycles. The highest BCUT2D eigenvalue weighted by Gasteiger charge is 2.55. The van der Waals surface area contributed by atoms with Gasteiger partial charge in [0.15, 0.2) is 22.9 Å². The number of nitrogens with zero attached hydrogens (tertiary/aromatic N) is 5. The molecule has 2 saturated heterocycles. The minimum atomic E-state index is -1.61. The van der Waals surface area contributed by atoms with E-state index in [9.17, 15) is 81.8 Å². The molecule has 5 aromatic rings. The fraction of sp³-hybridized carbons (Fsp3) is 0.500. The van der Waals surface area contributed by atoms with Crippen molar-refractivity contribution < 1.29 is 135 Å². The fourth-order valence-electron chi connectivity index (χ4n) is 14.2. The van der Waals surface area contributed by atoms with Crippen LogP contribution in [-0.2, 0) is 104 Å². The number of rotatable bonds is 36. The molecule has 0 radical (unpaired) electrons. The number of carbonyl (C=O) groups excluding carboxylic acids is 11. The van der Waals surface area contributed by atoms with Gasteiger partial charge in [-0.15, -0.1) is 0 Å². The maximum Gasteiger partial charge on any atom is 0.415 e. The third-order valence-corrected chi connectivity index (χ3v) is 21.6. The number of methoxy groups -OCH3 is 4. The first-order valence-electron chi connectivity index (χ1n) is 44.3. The van der Waals surface area contributed by atoms with E-state index < -0.39 is 137 Å². The van der Waals surface area contributed by atoms with Gasteiger partial charge in [0.25, 0.3) is 17.7 Å². The summed E-state index contributed by atoms with van der Waals surface area (Å²) in [5.74, 6) is -9.71. The Hall–Kier alpha value is -13.6. The lowest BCUT2D eigenvalue weighted by Gasteiger charge is -2.48. The van der Waals surface area contributed by atoms with Crippen molar-refractivity contribution >= 4 is 107 Å². The minimum absolute atomic E-state index is 0.00812. The van der Waals surface area contributed by atoms with Crippen LogP contribution >= 0.6 is 0 Å². The average Bonchev–Trinajstić information content (AvgIpc) is 1.35. The number of nitrogens with one attached hydrogen (secondary N) is 2. The first-order valence-corrected chi connectivity index (χ1v) is 44.3. The second kappa shape index (κ2) is 57.8. The summed E-state index contributed by atoms with van der Waals surface area (Å²) in [7, 11) is 5.74. The highest BCUT2D eigenvalue weighted by Crippen LogP contribution is 2.39. The van der Waals surface area contributed by atoms with Crippen LogP contribution in [-0.4, -0.2) is 235 Å². The zero-order valence-corrected chi connectivity index (χ0v) is 79.2. The van der Waals surface area contributed by atoms with E-state index in [1.54, 1.807) is 78.7 Å². The first kappa shape index (κ1) is 116. The number of carboxylic acid groups (broad SMARTS) is 5. The number of primary amides is 1. The molecule has 0 aliphatic carbocycles. The van der Waals surface area contributed by atoms with Crippen molar-refractivity contribution in [2.75, 3.05) is 28.4 Å². The number of carbonyl (C=O) groups is 16. The van der Waals surface area contributed by atoms with E-state index in [0.29, 0.717) is 60.6 Å². The third kappa shape index (κ3) is 36.4. The molecule has 135 heavy (non-hydrogen) atoms. The van der Waals surface area contributed by atoms with Gasteiger partial charge in [0, 0.05) is 16.7 Å². The summed E-state index contributed by atoms with van der Waals surface area (Å²) in [5.41, 5.74) is 18.4. The van der Waals surface area contributed by atoms with Crippen molar-refractivity contribution in [3.05, 3.63) is 179 Å². The number of nitrogens with two attached hydrogens (primary N) is 4. The molecule has 10 atom stereocenters. The van der Waals surface area contributed by atoms with E-state index in [1.165, 1.54) is 31.1 Å². The number of carboxylic acids is 5. The molecule has 2 fully saturated rings. The molecule has 740 valence electrons. The summed E-state index contributed by atoms with van der Waals surface area (Å²) in [4.78, 5) is 200. The standard InChI is InChI=1S/C21H30N2O4.C17H22N2O4.C16H19NO5.C15H18N2O4.C15H21NO4.C8H15NO4.C4H8N2O3/c1-6-7-13-21(20(25)27-5)14-17(26-4)22-18(15(2)3)23(21)19(24)16-11-9-8-10-12-16;1-11(2)15-18-14(22-3)10-13(17(21)23-4)19(15)16(20)12-8-6-5-7-9-12;1-2-3-9-16(14(19)22-15(20)17-16)10-13(18)21-11-12-7-5-4-6-8-12;1-9(2)13-16-12(18)8-11(15(20)21)17(13)14(19)10-6-4-3-5-7-10;1-2-3-9-15(16,14(18)19)10-13(17)20-11-12-7-5-4-6-8-12;1-2-3-4-8(9,7(12)13)5-6(10)11;5-2(4(8)9)1-3(6)7/h8-12,15,18H,6-7,13-14H2,1-5H3;5-9,11,13,15H,10H2,1-4H3;4-8H,2-3,9-11H2,1H3,(H,17,20);3-7,9,11,13H,8H2,1-2H3,(H,16,18)(H,20,21);4-8H,2-3,9-11,16H2,1H3,(H,18,19);2-5,9H2,1H3,(H,10,11)(H,12,13);2H,1,5H2,(H2,6,7)(H,8,9). The first-order chi connectivity index (χ1) is 63.8. The van der Waals surface area contributed by atoms with Crippen molar-refractivity contribution in [3.8, 4) is 0 Å². The monoisotopic (exact) mass is 1890 g/mol. The minimum Gasteiger partial charge on any atom is -0.484 e. The lowest BCUT2D eigenvalue weighted by molar-refractivity contribution is -0.157. The van der Waals surface area contributed by atoms with Crippen molar-refractivity contribution in [3.63, 3.8) is 0 Å². The fourth-order valence-corrected chi connectivity index (χ4v) is 14.2. The molecular weight excluding hydrogens is 1760 g/mol. The molecule has 0 saturated carbocycles. The number of benzene rings is 5. The molecule has 4 aliphatic heterocycles. The van der Waals surface area contributed by atoms with Crippen LogP contribution in [0.2, 0.25) is 0 Å². The number of ether oxygens (including phenoxy) is 7. The van der Waals surface area contributed by atoms with Gasteiger partial charge in [-0.1, -0.05) is 236 Å². The molecule has 4 heterocycles. The molecule has 0 bridgehead atoms. The van der Waals surface area contributed by atoms with Gasteiger partial charge in [0.1, 0.15) is 60.9 Å². The van der Waals surface area contributed by atoms with Crippen LogP contribution in [0.15, 0.2) is 162 Å². The largest absolute Gasteiger partial charge is 0.484 e. The van der Waals surface area contributed by atoms with Crippen molar-refractivity contribution in [2.45, 2.75) is 263 Å². The summed E-state index contributed by atoms with van der Waals surface area (Å²) in [6, 6.07) is 41.8. The quantitative estimate of drug-likeness (QED) is 0.0101. The van der Waals surface area contributed by atoms with Gasteiger partial charge in [-0.25, -0.2) is 34.0 Å². The lowest BCUT2D eigenvalue weighted by Crippen LogP contribution is -2.65. The highest BCUT2D eigenvalue weighted by molar-refractivity contribution is 6.03. The molecule has 0 spiro atoms. The van der Waals surface area contributed by atoms with Gasteiger partial charge in [-0.05, 0) is 91.0 Å². The van der Waals surface area contributed by atoms with Crippen LogP contribution in [0.1, 0.15) is 233 Å². The second-order valence-electron chi connectivity index (χ2n) is 33.3. The SMILES string of the molecule is CC(C)C1NC(=O)CC(C(=O)O)N1C(=O)c1ccccc1.CCCCC(N)(CC(=O)O)C(=O)O.CCCCC(N)(CC(=O)OCc1ccccc1)C(=O)O.CCCCC1(C(=O)OC)CC(OC)=NC(C(C)C)N1C(=O)c1ccccc1.CCCCC1(CC(=O)OCc2ccccc2)NC(=O)OC1=O.COC(=O)C1CC(OC)=NC(C(C)C)N1C(=O)c1ccccc1.NC(=O)CC(N)C(=O)O. The topological polar surface area (TPSA) is 601 Å². The van der Waals surface area contributed by atoms with Gasteiger partial charge < -0.3 is 102 Å². The number of aliphatic carboxylic acids is 5. The molecule has 4 aliphatic rings. The van der Waals surface area contributed by atoms with E-state index in [4.69, 9.17) is 66.0 Å². The Balaban J connectivity index is 0.000000413. The number of esters is 5. The van der Waals surface area contributed by atoms with E-state index in [0.717, 1.165) is 43.2 Å². The van der Waals surface area contributed by atoms with Gasteiger partial charge in [0.05, 0.1) is 73.4 Å². The van der Waals surface area contributed by atoms with E-state index in [2.05, 4.69) is 38.0 Å². The third-order valence-electron chi connectivity index (χ3n) is 21.6. The van der Waals surface area contributed by atoms with Crippen LogP contribution < -0.4 is 33.6 Å². The van der Waals surface area contributed by atoms with E-state index >= 15 is 0 Å². The Morgan fingerprint density at radius 2 is 0.956 bits per heavy atom. The molecule has 10 unspecified atom stereocenters. The van der Waals surface area contributed by atoms with Gasteiger partial charge in [-0.2, -0.15) is 0 Å². The van der Waals surface area contributed by atoms with Gasteiger partial charge >= 0.3 is 65.8 Å². The molecule has 9 rings (SSSR count). The predicted molar refractivity (Wildman–Crippen MR) is 495 cm³/mol. The average molecular weight is 1890 g/mol. The molecule has 39 nitrogen and oxygen atoms in total. The summed E-state index contributed by atoms with van der Waals surface area (Å²) in [6.07, 6.45) is 3.88. The number of unbranched alkanes of at least 4 members (excludes halogenated alkanes) is 4. The van der Waals surface area contributed by atoms with Crippen molar-refractivity contribution in [1.29, 1.82) is 0 Å². The van der Waals surface area contributed by atoms with Crippen molar-refractivity contribution in [2.24, 2.45) is 50.7 Å². The zero-order valence-electron chi connectivity index (χ0n) is 79.2. The number of hydrogen-bond acceptors (Lipinski definition) is 28. The Bertz CT molecular complexity index is 4780. The maximum absolute atomic E-state index is 13.5. The van der Waals surface area contributed by atoms with Crippen molar-refractivity contribution in [1.82, 2.24) is 25.3 Å². The number of alkyl carbamates (subject to hydrolysis) is 1. The normalized spacial score (nSPS) is 19.1. The molecular formula is C96H133N11O28. The number of amides is 6. The Labute approximate surface area is 786 Å². The number of hydrogen-bond donors (Lipinski definition) is 11. The van der Waals surface area contributed by atoms with Crippen LogP contribution in [0, 0.1) is 17.8 Å². The molecule has 0 aromatic heterocycles. The van der Waals surface area contributed by atoms with Gasteiger partial charge in [-0.3, -0.25) is 57.6 Å². The molecule has 6 amide bonds. The lowest BCUT2D eigenvalue weighted by atomic mass is 9.83. The molecule has 39 heteroatoms. The smallest absolute Gasteiger partial charge is 0.415 e. The Kier molecular flexibility index (Phi) is 49.5. The van der Waals surface area contributed by atoms with Crippen LogP contribution in [0.25, 0.3) is 0 Å². The number of cyclic esters (lactones) is 2. The Morgan fingerprint density at radius 1 is 0.526 bits per heavy atom. The van der Waals surface area contributed by atoms with E-state index in [-0.39, 0.29) is 106 Å². The van der Waals surface area contributed by atoms with E-state index in [1.807, 2.05) is 147 Å². The second-order valence-corrected chi connectivity index (χ2v) is 33.3. The number of aliphatic imine (C=N–C) groups is 2. The summed E-state index contributed by atoms with van der Waals surface area (Å²) >= 11 is 0. The summed E-state index contributed by atoms with van der Waals surface area (Å²) in [6.45, 7) is 19.7. The van der Waals surface area contributed by atoms with Crippen LogP contribution in [0.4, 0.5) is 4.79 Å². The van der Waals surface area contributed by atoms with Gasteiger partial charge in [0.2, 0.25) is 11.8 Å². The Morgan fingerprint density at radius 3 is 1.33 bits per heavy atom. The van der Waals surface area contributed by atoms with Crippen LogP contribution in [0.5, 0.6) is 0 Å². The maximum atomic E-state index is 13.5. The van der Waals surface area contributed by atoms with Crippen LogP contribution in [0.3, 0.4) is 0 Å². The molecule has 15 N–H and O–H groups in total. The highest BCUT2D eigenvalue weighted by atomic mass is 16.6. The zero-order chi connectivity index (χ0) is 102. The predicted octanol–water partition coefficient (Wildman–Crippen LogP) is 9.96. The summed E-state index contributed by atoms with van der Waals surface area (Å²) < 4.78 is 35.5. The summed E-state index contributed by atoms with van der Waals surface area (Å²) in [5, 5.41) is 49.0.